The van der Waals surface area contributed by atoms with Gasteiger partial charge < -0.3 is 10.4 Å². The zero-order valence-electron chi connectivity index (χ0n) is 14.6. The molecule has 2 N–H and O–H groups in total. The number of nitrogens with one attached hydrogen (secondary N) is 1. The minimum Gasteiger partial charge on any atom is -0.506 e. The quantitative estimate of drug-likeness (QED) is 0.776. The summed E-state index contributed by atoms with van der Waals surface area (Å²) in [5.41, 5.74) is 1.20. The molecule has 1 aliphatic heterocycles. The zero-order chi connectivity index (χ0) is 18.7. The van der Waals surface area contributed by atoms with Gasteiger partial charge in [-0.1, -0.05) is 18.9 Å². The number of hydrogen-bond acceptors (Lipinski definition) is 5. The van der Waals surface area contributed by atoms with E-state index in [0.29, 0.717) is 23.7 Å². The number of rotatable bonds is 4. The van der Waals surface area contributed by atoms with Crippen molar-refractivity contribution in [1.82, 2.24) is 4.31 Å². The number of phenols is 1. The molecule has 3 rings (SSSR count). The lowest BCUT2D eigenvalue weighted by atomic mass is 10.2. The fourth-order valence-corrected chi connectivity index (χ4v) is 5.61. The average Bonchev–Trinajstić information content (AvgIpc) is 2.94. The SMILES string of the molecule is Cc1ccc(O)c(NC(=O)c2cc(S(=O)(=O)N3CCCCCC3)cs2)c1. The summed E-state index contributed by atoms with van der Waals surface area (Å²) in [6.07, 6.45) is 3.82. The van der Waals surface area contributed by atoms with E-state index in [0.717, 1.165) is 42.6 Å². The number of phenolic OH excluding ortho intramolecular Hbond substituents is 1. The topological polar surface area (TPSA) is 86.7 Å². The molecule has 0 saturated carbocycles. The molecule has 1 aromatic carbocycles. The van der Waals surface area contributed by atoms with Crippen molar-refractivity contribution >= 4 is 33.0 Å². The summed E-state index contributed by atoms with van der Waals surface area (Å²) >= 11 is 1.08. The van der Waals surface area contributed by atoms with Crippen LogP contribution < -0.4 is 5.32 Å². The van der Waals surface area contributed by atoms with Crippen LogP contribution in [0.25, 0.3) is 0 Å². The molecule has 140 valence electrons. The van der Waals surface area contributed by atoms with E-state index in [4.69, 9.17) is 0 Å². The molecule has 0 bridgehead atoms. The molecule has 2 heterocycles. The highest BCUT2D eigenvalue weighted by Gasteiger charge is 2.27. The van der Waals surface area contributed by atoms with Gasteiger partial charge in [-0.3, -0.25) is 4.79 Å². The van der Waals surface area contributed by atoms with Gasteiger partial charge in [-0.2, -0.15) is 4.31 Å². The number of nitrogens with zero attached hydrogens (tertiary/aromatic N) is 1. The first-order valence-electron chi connectivity index (χ1n) is 8.57. The number of sulfonamides is 1. The van der Waals surface area contributed by atoms with Gasteiger partial charge in [0.15, 0.2) is 0 Å². The van der Waals surface area contributed by atoms with Crippen LogP contribution in [0.2, 0.25) is 0 Å². The average molecular weight is 395 g/mol. The number of benzene rings is 1. The van der Waals surface area contributed by atoms with Gasteiger partial charge in [0.2, 0.25) is 10.0 Å². The van der Waals surface area contributed by atoms with Gasteiger partial charge in [0.05, 0.1) is 15.5 Å². The van der Waals surface area contributed by atoms with Crippen LogP contribution in [0, 0.1) is 6.92 Å². The first-order chi connectivity index (χ1) is 12.4. The molecule has 26 heavy (non-hydrogen) atoms. The van der Waals surface area contributed by atoms with Crippen molar-refractivity contribution < 1.29 is 18.3 Å². The fourth-order valence-electron chi connectivity index (χ4n) is 2.94. The summed E-state index contributed by atoms with van der Waals surface area (Å²) in [4.78, 5) is 12.9. The third-order valence-corrected chi connectivity index (χ3v) is 7.36. The number of hydrogen-bond donors (Lipinski definition) is 2. The summed E-state index contributed by atoms with van der Waals surface area (Å²) in [5, 5.41) is 14.0. The van der Waals surface area contributed by atoms with Crippen LogP contribution in [0.4, 0.5) is 5.69 Å². The van der Waals surface area contributed by atoms with Crippen LogP contribution in [0.1, 0.15) is 40.9 Å². The van der Waals surface area contributed by atoms with E-state index < -0.39 is 15.9 Å². The number of carbonyl (C=O) groups excluding carboxylic acids is 1. The molecule has 1 aliphatic rings. The van der Waals surface area contributed by atoms with Gasteiger partial charge in [-0.15, -0.1) is 11.3 Å². The molecule has 0 spiro atoms. The lowest BCUT2D eigenvalue weighted by Crippen LogP contribution is -2.31. The van der Waals surface area contributed by atoms with E-state index in [1.807, 2.05) is 6.92 Å². The van der Waals surface area contributed by atoms with Crippen LogP contribution in [0.3, 0.4) is 0 Å². The highest BCUT2D eigenvalue weighted by molar-refractivity contribution is 7.89. The van der Waals surface area contributed by atoms with Crippen LogP contribution in [0.15, 0.2) is 34.5 Å². The second-order valence-electron chi connectivity index (χ2n) is 6.44. The number of aryl methyl sites for hydroxylation is 1. The largest absolute Gasteiger partial charge is 0.506 e. The second-order valence-corrected chi connectivity index (χ2v) is 9.29. The first kappa shape index (κ1) is 18.9. The van der Waals surface area contributed by atoms with Crippen molar-refractivity contribution in [2.75, 3.05) is 18.4 Å². The summed E-state index contributed by atoms with van der Waals surface area (Å²) in [5.74, 6) is -0.467. The fraction of sp³-hybridized carbons (Fsp3) is 0.389. The van der Waals surface area contributed by atoms with E-state index in [-0.39, 0.29) is 10.6 Å². The lowest BCUT2D eigenvalue weighted by Gasteiger charge is -2.18. The normalized spacial score (nSPS) is 16.2. The molecule has 1 saturated heterocycles. The number of thiophene rings is 1. The Kier molecular flexibility index (Phi) is 5.64. The number of amides is 1. The van der Waals surface area contributed by atoms with Gasteiger partial charge in [0.1, 0.15) is 5.75 Å². The van der Waals surface area contributed by atoms with E-state index in [2.05, 4.69) is 5.32 Å². The van der Waals surface area contributed by atoms with Gasteiger partial charge in [0, 0.05) is 18.5 Å². The standard InChI is InChI=1S/C18H22N2O4S2/c1-13-6-7-16(21)15(10-13)19-18(22)17-11-14(12-25-17)26(23,24)20-8-4-2-3-5-9-20/h6-7,10-12,21H,2-5,8-9H2,1H3,(H,19,22). The van der Waals surface area contributed by atoms with Crippen molar-refractivity contribution in [3.8, 4) is 5.75 Å². The summed E-state index contributed by atoms with van der Waals surface area (Å²) in [7, 11) is -3.57. The van der Waals surface area contributed by atoms with Crippen molar-refractivity contribution in [2.24, 2.45) is 0 Å². The predicted molar refractivity (Wildman–Crippen MR) is 102 cm³/mol. The molecule has 1 aromatic heterocycles. The van der Waals surface area contributed by atoms with Crippen molar-refractivity contribution in [3.05, 3.63) is 40.1 Å². The molecule has 0 unspecified atom stereocenters. The number of aromatic hydroxyl groups is 1. The van der Waals surface area contributed by atoms with Gasteiger partial charge in [-0.05, 0) is 43.5 Å². The molecular formula is C18H22N2O4S2. The molecule has 2 aromatic rings. The highest BCUT2D eigenvalue weighted by atomic mass is 32.2. The molecule has 0 atom stereocenters. The molecule has 1 fully saturated rings. The smallest absolute Gasteiger partial charge is 0.265 e. The lowest BCUT2D eigenvalue weighted by molar-refractivity contribution is 0.103. The maximum absolute atomic E-state index is 12.8. The molecule has 8 heteroatoms. The third kappa shape index (κ3) is 4.08. The molecule has 0 aliphatic carbocycles. The van der Waals surface area contributed by atoms with Gasteiger partial charge >= 0.3 is 0 Å². The van der Waals surface area contributed by atoms with E-state index in [1.54, 1.807) is 12.1 Å². The summed E-state index contributed by atoms with van der Waals surface area (Å²) in [6, 6.07) is 6.32. The predicted octanol–water partition coefficient (Wildman–Crippen LogP) is 3.58. The Morgan fingerprint density at radius 2 is 1.85 bits per heavy atom. The Bertz CT molecular complexity index is 898. The summed E-state index contributed by atoms with van der Waals surface area (Å²) in [6.45, 7) is 2.90. The Balaban J connectivity index is 1.78. The van der Waals surface area contributed by atoms with Gasteiger partial charge in [-0.25, -0.2) is 8.42 Å². The van der Waals surface area contributed by atoms with Crippen LogP contribution in [-0.2, 0) is 10.0 Å². The Morgan fingerprint density at radius 3 is 2.54 bits per heavy atom. The third-order valence-electron chi connectivity index (χ3n) is 4.40. The van der Waals surface area contributed by atoms with Crippen LogP contribution >= 0.6 is 11.3 Å². The Hall–Kier alpha value is -1.90. The first-order valence-corrected chi connectivity index (χ1v) is 10.9. The molecular weight excluding hydrogens is 372 g/mol. The van der Waals surface area contributed by atoms with Crippen molar-refractivity contribution in [1.29, 1.82) is 0 Å². The maximum Gasteiger partial charge on any atom is 0.265 e. The summed E-state index contributed by atoms with van der Waals surface area (Å²) < 4.78 is 27.1. The van der Waals surface area contributed by atoms with Crippen LogP contribution in [0.5, 0.6) is 5.75 Å². The zero-order valence-corrected chi connectivity index (χ0v) is 16.2. The number of carbonyl (C=O) groups is 1. The van der Waals surface area contributed by atoms with E-state index in [1.165, 1.54) is 21.8 Å². The van der Waals surface area contributed by atoms with Crippen LogP contribution in [-0.4, -0.2) is 36.8 Å². The monoisotopic (exact) mass is 394 g/mol. The van der Waals surface area contributed by atoms with Crippen molar-refractivity contribution in [2.45, 2.75) is 37.5 Å². The second kappa shape index (κ2) is 7.77. The molecule has 1 amide bonds. The number of anilines is 1. The highest BCUT2D eigenvalue weighted by Crippen LogP contribution is 2.28. The van der Waals surface area contributed by atoms with E-state index in [9.17, 15) is 18.3 Å². The minimum absolute atomic E-state index is 0.0297. The van der Waals surface area contributed by atoms with Crippen molar-refractivity contribution in [3.63, 3.8) is 0 Å². The van der Waals surface area contributed by atoms with Gasteiger partial charge in [0.25, 0.3) is 5.91 Å². The Labute approximate surface area is 157 Å². The molecule has 0 radical (unpaired) electrons. The maximum atomic E-state index is 12.8. The minimum atomic E-state index is -3.57. The van der Waals surface area contributed by atoms with E-state index >= 15 is 0 Å². The Morgan fingerprint density at radius 1 is 1.15 bits per heavy atom. The molecule has 6 nitrogen and oxygen atoms in total.